The first-order chi connectivity index (χ1) is 13.4. The van der Waals surface area contributed by atoms with Crippen molar-refractivity contribution >= 4 is 29.5 Å². The molecule has 2 aliphatic heterocycles. The van der Waals surface area contributed by atoms with Gasteiger partial charge in [0.1, 0.15) is 17.8 Å². The molecule has 5 amide bonds. The molecule has 28 heavy (non-hydrogen) atoms. The van der Waals surface area contributed by atoms with Crippen LogP contribution in [-0.2, 0) is 19.2 Å². The molecule has 150 valence electrons. The lowest BCUT2D eigenvalue weighted by Gasteiger charge is -2.28. The number of hydrogen-bond donors (Lipinski definition) is 5. The minimum Gasteiger partial charge on any atom is -0.368 e. The number of nitrogens with two attached hydrogens (primary N) is 1. The molecule has 12 heteroatoms. The van der Waals surface area contributed by atoms with Gasteiger partial charge >= 0.3 is 0 Å². The number of amides is 5. The maximum Gasteiger partial charge on any atom is 0.271 e. The Bertz CT molecular complexity index is 793. The van der Waals surface area contributed by atoms with Crippen LogP contribution in [0, 0.1) is 0 Å². The van der Waals surface area contributed by atoms with Crippen LogP contribution in [0.25, 0.3) is 0 Å². The summed E-state index contributed by atoms with van der Waals surface area (Å²) < 4.78 is 0. The van der Waals surface area contributed by atoms with Crippen molar-refractivity contribution in [3.8, 4) is 0 Å². The third-order valence-corrected chi connectivity index (χ3v) is 4.73. The van der Waals surface area contributed by atoms with Gasteiger partial charge in [-0.3, -0.25) is 24.0 Å². The van der Waals surface area contributed by atoms with Crippen LogP contribution in [0.4, 0.5) is 0 Å². The van der Waals surface area contributed by atoms with Gasteiger partial charge in [-0.15, -0.1) is 0 Å². The number of nitrogens with one attached hydrogen (secondary N) is 4. The first-order valence-electron chi connectivity index (χ1n) is 8.85. The number of carbonyl (C=O) groups is 5. The van der Waals surface area contributed by atoms with E-state index in [1.165, 1.54) is 17.4 Å². The highest BCUT2D eigenvalue weighted by molar-refractivity contribution is 5.99. The van der Waals surface area contributed by atoms with E-state index in [-0.39, 0.29) is 31.0 Å². The Kier molecular flexibility index (Phi) is 5.57. The van der Waals surface area contributed by atoms with Crippen LogP contribution in [0.3, 0.4) is 0 Å². The summed E-state index contributed by atoms with van der Waals surface area (Å²) in [4.78, 5) is 68.3. The Hall–Kier alpha value is -3.44. The number of aromatic nitrogens is 2. The monoisotopic (exact) mass is 391 g/mol. The number of imidazole rings is 1. The third-order valence-electron chi connectivity index (χ3n) is 4.73. The van der Waals surface area contributed by atoms with Gasteiger partial charge in [-0.05, 0) is 19.3 Å². The van der Waals surface area contributed by atoms with Crippen molar-refractivity contribution in [1.82, 2.24) is 30.8 Å². The van der Waals surface area contributed by atoms with Crippen LogP contribution in [0.2, 0.25) is 0 Å². The highest BCUT2D eigenvalue weighted by Gasteiger charge is 2.38. The molecule has 3 heterocycles. The second kappa shape index (κ2) is 8.06. The van der Waals surface area contributed by atoms with Gasteiger partial charge in [0.05, 0.1) is 12.5 Å². The highest BCUT2D eigenvalue weighted by Crippen LogP contribution is 2.18. The summed E-state index contributed by atoms with van der Waals surface area (Å²) in [6.07, 6.45) is 2.60. The van der Waals surface area contributed by atoms with Crippen molar-refractivity contribution in [3.63, 3.8) is 0 Å². The maximum absolute atomic E-state index is 13.0. The van der Waals surface area contributed by atoms with Crippen LogP contribution in [0.5, 0.6) is 0 Å². The first kappa shape index (κ1) is 19.3. The Balaban J connectivity index is 1.76. The molecular weight excluding hydrogens is 370 g/mol. The van der Waals surface area contributed by atoms with E-state index in [2.05, 4.69) is 25.9 Å². The Morgan fingerprint density at radius 3 is 2.64 bits per heavy atom. The third kappa shape index (κ3) is 4.10. The molecule has 2 fully saturated rings. The molecule has 1 aromatic rings. The quantitative estimate of drug-likeness (QED) is 0.330. The lowest BCUT2D eigenvalue weighted by atomic mass is 10.2. The summed E-state index contributed by atoms with van der Waals surface area (Å²) in [6.45, 7) is 0.277. The van der Waals surface area contributed by atoms with Crippen molar-refractivity contribution in [1.29, 1.82) is 0 Å². The Labute approximate surface area is 159 Å². The van der Waals surface area contributed by atoms with E-state index in [9.17, 15) is 24.0 Å². The van der Waals surface area contributed by atoms with E-state index >= 15 is 0 Å². The van der Waals surface area contributed by atoms with Crippen LogP contribution in [-0.4, -0.2) is 69.2 Å². The van der Waals surface area contributed by atoms with Gasteiger partial charge < -0.3 is 31.6 Å². The average Bonchev–Trinajstić information content (AvgIpc) is 3.40. The predicted octanol–water partition coefficient (Wildman–Crippen LogP) is -2.66. The van der Waals surface area contributed by atoms with E-state index < -0.39 is 41.9 Å². The minimum absolute atomic E-state index is 0.0918. The number of rotatable bonds is 6. The fourth-order valence-corrected chi connectivity index (χ4v) is 3.29. The number of nitrogens with zero attached hydrogens (tertiary/aromatic N) is 2. The van der Waals surface area contributed by atoms with E-state index in [1.807, 2.05) is 0 Å². The highest BCUT2D eigenvalue weighted by atomic mass is 16.2. The van der Waals surface area contributed by atoms with Gasteiger partial charge in [-0.1, -0.05) is 0 Å². The van der Waals surface area contributed by atoms with Gasteiger partial charge in [-0.2, -0.15) is 0 Å². The lowest BCUT2D eigenvalue weighted by Crippen LogP contribution is -2.61. The van der Waals surface area contributed by atoms with Crippen molar-refractivity contribution < 1.29 is 24.0 Å². The van der Waals surface area contributed by atoms with Crippen LogP contribution in [0.1, 0.15) is 36.2 Å². The van der Waals surface area contributed by atoms with Crippen LogP contribution >= 0.6 is 0 Å². The van der Waals surface area contributed by atoms with E-state index in [4.69, 9.17) is 5.73 Å². The van der Waals surface area contributed by atoms with Crippen molar-refractivity contribution in [2.75, 3.05) is 6.54 Å². The lowest BCUT2D eigenvalue weighted by molar-refractivity contribution is -0.141. The second-order valence-electron chi connectivity index (χ2n) is 6.63. The Morgan fingerprint density at radius 2 is 2.04 bits per heavy atom. The summed E-state index contributed by atoms with van der Waals surface area (Å²) in [5.41, 5.74) is 5.44. The molecule has 0 saturated carbocycles. The summed E-state index contributed by atoms with van der Waals surface area (Å²) in [7, 11) is 0. The van der Waals surface area contributed by atoms with Crippen LogP contribution < -0.4 is 21.7 Å². The second-order valence-corrected chi connectivity index (χ2v) is 6.63. The molecule has 6 N–H and O–H groups in total. The molecule has 0 aromatic carbocycles. The van der Waals surface area contributed by atoms with Gasteiger partial charge in [0.15, 0.2) is 6.17 Å². The zero-order chi connectivity index (χ0) is 20.3. The molecule has 0 spiro atoms. The smallest absolute Gasteiger partial charge is 0.271 e. The normalized spacial score (nSPS) is 22.4. The topological polar surface area (TPSA) is 179 Å². The zero-order valence-corrected chi connectivity index (χ0v) is 14.9. The molecule has 0 bridgehead atoms. The Morgan fingerprint density at radius 1 is 1.25 bits per heavy atom. The summed E-state index contributed by atoms with van der Waals surface area (Å²) >= 11 is 0. The van der Waals surface area contributed by atoms with Gasteiger partial charge in [0, 0.05) is 13.0 Å². The summed E-state index contributed by atoms with van der Waals surface area (Å²) in [6, 6.07) is -1.60. The molecule has 2 saturated heterocycles. The number of hydrogen-bond acceptors (Lipinski definition) is 6. The standard InChI is InChI=1S/C16H21N7O5/c17-12(25)10-2-1-5-23(10)16(28)13(22-15(27)9-6-18-7-19-9)21-14(26)8-3-4-11(24)20-8/h6-8,10,13H,1-5H2,(H2,17,25)(H,18,19)(H,20,24)(H,21,26)(H,22,27)/t8-,10-,13?/m0/s1. The largest absolute Gasteiger partial charge is 0.368 e. The molecule has 0 radical (unpaired) electrons. The van der Waals surface area contributed by atoms with E-state index in [1.54, 1.807) is 0 Å². The number of aromatic amines is 1. The molecule has 1 unspecified atom stereocenters. The molecule has 12 nitrogen and oxygen atoms in total. The minimum atomic E-state index is -1.43. The first-order valence-corrected chi connectivity index (χ1v) is 8.85. The van der Waals surface area contributed by atoms with E-state index in [0.717, 1.165) is 0 Å². The molecule has 0 aliphatic carbocycles. The van der Waals surface area contributed by atoms with Crippen molar-refractivity contribution in [2.24, 2.45) is 5.73 Å². The molecular formula is C16H21N7O5. The van der Waals surface area contributed by atoms with Gasteiger partial charge in [-0.25, -0.2) is 4.98 Å². The predicted molar refractivity (Wildman–Crippen MR) is 93.1 cm³/mol. The SMILES string of the molecule is NC(=O)[C@@H]1CCCN1C(=O)C(NC(=O)c1cnc[nH]1)NC(=O)[C@@H]1CCC(=O)N1. The molecule has 3 rings (SSSR count). The number of carbonyl (C=O) groups excluding carboxylic acids is 5. The molecule has 3 atom stereocenters. The maximum atomic E-state index is 13.0. The fourth-order valence-electron chi connectivity index (χ4n) is 3.29. The van der Waals surface area contributed by atoms with Crippen molar-refractivity contribution in [3.05, 3.63) is 18.2 Å². The summed E-state index contributed by atoms with van der Waals surface area (Å²) in [5.74, 6) is -2.85. The van der Waals surface area contributed by atoms with Gasteiger partial charge in [0.25, 0.3) is 11.8 Å². The fraction of sp³-hybridized carbons (Fsp3) is 0.500. The van der Waals surface area contributed by atoms with Crippen LogP contribution in [0.15, 0.2) is 12.5 Å². The molecule has 2 aliphatic rings. The molecule has 1 aromatic heterocycles. The van der Waals surface area contributed by atoms with Gasteiger partial charge in [0.2, 0.25) is 17.7 Å². The number of primary amides is 1. The zero-order valence-electron chi connectivity index (χ0n) is 14.9. The van der Waals surface area contributed by atoms with E-state index in [0.29, 0.717) is 12.8 Å². The summed E-state index contributed by atoms with van der Waals surface area (Å²) in [5, 5.41) is 7.36. The number of likely N-dealkylation sites (tertiary alicyclic amines) is 1. The average molecular weight is 391 g/mol. The van der Waals surface area contributed by atoms with Crippen molar-refractivity contribution in [2.45, 2.75) is 43.9 Å². The number of H-pyrrole nitrogens is 1.